The van der Waals surface area contributed by atoms with Crippen LogP contribution in [0.5, 0.6) is 0 Å². The Morgan fingerprint density at radius 1 is 1.10 bits per heavy atom. The third-order valence-electron chi connectivity index (χ3n) is 4.02. The Balaban J connectivity index is 3.05. The molecule has 0 spiro atoms. The highest BCUT2D eigenvalue weighted by atomic mass is 16.1. The Labute approximate surface area is 129 Å². The average Bonchev–Trinajstić information content (AvgIpc) is 2.38. The second kappa shape index (κ2) is 7.60. The molecule has 1 rings (SSSR count). The zero-order chi connectivity index (χ0) is 16.2. The first kappa shape index (κ1) is 17.7. The van der Waals surface area contributed by atoms with Gasteiger partial charge in [-0.15, -0.1) is 0 Å². The van der Waals surface area contributed by atoms with E-state index in [-0.39, 0.29) is 17.7 Å². The number of nitrogens with one attached hydrogen (secondary N) is 1. The van der Waals surface area contributed by atoms with Crippen LogP contribution in [0.3, 0.4) is 0 Å². The molecule has 0 bridgehead atoms. The summed E-state index contributed by atoms with van der Waals surface area (Å²) in [5.41, 5.74) is 9.14. The minimum absolute atomic E-state index is 0.0201. The van der Waals surface area contributed by atoms with Gasteiger partial charge in [0.15, 0.2) is 0 Å². The molecule has 1 unspecified atom stereocenters. The molecule has 0 saturated heterocycles. The number of hydrogen-bond donors (Lipinski definition) is 2. The third kappa shape index (κ3) is 4.57. The van der Waals surface area contributed by atoms with E-state index in [0.29, 0.717) is 18.4 Å². The number of rotatable bonds is 6. The highest BCUT2D eigenvalue weighted by Gasteiger charge is 2.21. The minimum atomic E-state index is -0.144. The van der Waals surface area contributed by atoms with E-state index < -0.39 is 0 Å². The lowest BCUT2D eigenvalue weighted by molar-refractivity contribution is -0.120. The fraction of sp³-hybridized carbons (Fsp3) is 0.611. The average molecular weight is 290 g/mol. The van der Waals surface area contributed by atoms with Crippen molar-refractivity contribution >= 4 is 11.6 Å². The molecule has 0 aromatic heterocycles. The van der Waals surface area contributed by atoms with Crippen LogP contribution >= 0.6 is 0 Å². The summed E-state index contributed by atoms with van der Waals surface area (Å²) in [5.74, 6) is 0.975. The lowest BCUT2D eigenvalue weighted by atomic mass is 9.92. The molecule has 0 saturated carbocycles. The molecule has 1 atom stereocenters. The molecule has 1 aromatic carbocycles. The topological polar surface area (TPSA) is 55.1 Å². The summed E-state index contributed by atoms with van der Waals surface area (Å²) in [7, 11) is 0. The monoisotopic (exact) mass is 290 g/mol. The van der Waals surface area contributed by atoms with Crippen LogP contribution in [0.4, 0.5) is 5.69 Å². The van der Waals surface area contributed by atoms with Crippen molar-refractivity contribution in [2.24, 2.45) is 17.6 Å². The van der Waals surface area contributed by atoms with Crippen LogP contribution in [0.1, 0.15) is 64.5 Å². The number of nitrogens with two attached hydrogens (primary N) is 1. The fourth-order valence-electron chi connectivity index (χ4n) is 2.44. The summed E-state index contributed by atoms with van der Waals surface area (Å²) >= 11 is 0. The number of benzene rings is 1. The van der Waals surface area contributed by atoms with Gasteiger partial charge in [0, 0.05) is 12.2 Å². The van der Waals surface area contributed by atoms with E-state index in [4.69, 9.17) is 5.73 Å². The number of anilines is 1. The minimum Gasteiger partial charge on any atom is -0.330 e. The number of carbonyl (C=O) groups is 1. The van der Waals surface area contributed by atoms with Crippen molar-refractivity contribution in [3.8, 4) is 0 Å². The van der Waals surface area contributed by atoms with E-state index in [1.807, 2.05) is 19.9 Å². The van der Waals surface area contributed by atoms with Gasteiger partial charge >= 0.3 is 0 Å². The molecular formula is C18H30N2O. The van der Waals surface area contributed by atoms with Gasteiger partial charge in [-0.25, -0.2) is 0 Å². The van der Waals surface area contributed by atoms with Crippen molar-refractivity contribution in [1.29, 1.82) is 0 Å². The first-order chi connectivity index (χ1) is 9.77. The molecule has 3 N–H and O–H groups in total. The summed E-state index contributed by atoms with van der Waals surface area (Å²) in [6.45, 7) is 13.1. The summed E-state index contributed by atoms with van der Waals surface area (Å²) < 4.78 is 0. The van der Waals surface area contributed by atoms with Gasteiger partial charge in [0.1, 0.15) is 0 Å². The Hall–Kier alpha value is -1.35. The molecule has 1 amide bonds. The summed E-state index contributed by atoms with van der Waals surface area (Å²) in [6, 6.07) is 6.33. The van der Waals surface area contributed by atoms with E-state index in [1.165, 1.54) is 11.1 Å². The van der Waals surface area contributed by atoms with Crippen molar-refractivity contribution in [2.75, 3.05) is 11.9 Å². The second-order valence-electron chi connectivity index (χ2n) is 6.73. The van der Waals surface area contributed by atoms with Gasteiger partial charge in [0.25, 0.3) is 0 Å². The fourth-order valence-corrected chi connectivity index (χ4v) is 2.44. The highest BCUT2D eigenvalue weighted by Crippen LogP contribution is 2.29. The number of hydrogen-bond acceptors (Lipinski definition) is 2. The van der Waals surface area contributed by atoms with Gasteiger partial charge < -0.3 is 11.1 Å². The highest BCUT2D eigenvalue weighted by molar-refractivity contribution is 5.93. The molecule has 1 aromatic rings. The van der Waals surface area contributed by atoms with Crippen LogP contribution in [-0.4, -0.2) is 12.5 Å². The van der Waals surface area contributed by atoms with Gasteiger partial charge in [-0.05, 0) is 34.9 Å². The smallest absolute Gasteiger partial charge is 0.229 e. The number of carbonyl (C=O) groups excluding carboxylic acids is 1. The largest absolute Gasteiger partial charge is 0.330 e. The van der Waals surface area contributed by atoms with Crippen LogP contribution in [0.15, 0.2) is 18.2 Å². The van der Waals surface area contributed by atoms with Crippen LogP contribution in [0.25, 0.3) is 0 Å². The standard InChI is InChI=1S/C18H30N2O/c1-11(2)14-7-8-17(15(9-14)12(3)4)20-18(21)16(10-19)13(5)6/h7-9,11-13,16H,10,19H2,1-6H3,(H,20,21). The molecule has 0 aliphatic carbocycles. The van der Waals surface area contributed by atoms with Gasteiger partial charge in [0.05, 0.1) is 5.92 Å². The Bertz CT molecular complexity index is 478. The van der Waals surface area contributed by atoms with Crippen LogP contribution in [0.2, 0.25) is 0 Å². The Kier molecular flexibility index (Phi) is 6.41. The maximum absolute atomic E-state index is 12.4. The summed E-state index contributed by atoms with van der Waals surface area (Å²) in [5, 5.41) is 3.07. The SMILES string of the molecule is CC(C)c1ccc(NC(=O)C(CN)C(C)C)c(C(C)C)c1. The first-order valence-electron chi connectivity index (χ1n) is 7.92. The molecule has 0 heterocycles. The molecule has 0 aliphatic rings. The van der Waals surface area contributed by atoms with E-state index in [2.05, 4.69) is 45.1 Å². The Morgan fingerprint density at radius 3 is 2.14 bits per heavy atom. The molecule has 21 heavy (non-hydrogen) atoms. The molecular weight excluding hydrogens is 260 g/mol. The van der Waals surface area contributed by atoms with Crippen LogP contribution < -0.4 is 11.1 Å². The lowest BCUT2D eigenvalue weighted by Crippen LogP contribution is -2.33. The zero-order valence-corrected chi connectivity index (χ0v) is 14.2. The third-order valence-corrected chi connectivity index (χ3v) is 4.02. The lowest BCUT2D eigenvalue weighted by Gasteiger charge is -2.21. The first-order valence-corrected chi connectivity index (χ1v) is 7.92. The van der Waals surface area contributed by atoms with E-state index in [1.54, 1.807) is 0 Å². The molecule has 118 valence electrons. The van der Waals surface area contributed by atoms with Gasteiger partial charge in [-0.1, -0.05) is 53.7 Å². The normalized spacial score (nSPS) is 13.0. The van der Waals surface area contributed by atoms with Gasteiger partial charge in [-0.2, -0.15) is 0 Å². The van der Waals surface area contributed by atoms with Crippen molar-refractivity contribution in [3.05, 3.63) is 29.3 Å². The Morgan fingerprint density at radius 2 is 1.71 bits per heavy atom. The summed E-state index contributed by atoms with van der Waals surface area (Å²) in [6.07, 6.45) is 0. The molecule has 3 heteroatoms. The van der Waals surface area contributed by atoms with Crippen molar-refractivity contribution < 1.29 is 4.79 Å². The van der Waals surface area contributed by atoms with Gasteiger partial charge in [-0.3, -0.25) is 4.79 Å². The molecule has 3 nitrogen and oxygen atoms in total. The maximum atomic E-state index is 12.4. The molecule has 0 fully saturated rings. The molecule has 0 aliphatic heterocycles. The van der Waals surface area contributed by atoms with E-state index in [9.17, 15) is 4.79 Å². The molecule has 0 radical (unpaired) electrons. The summed E-state index contributed by atoms with van der Waals surface area (Å²) in [4.78, 5) is 12.4. The zero-order valence-electron chi connectivity index (χ0n) is 14.2. The number of amides is 1. The predicted molar refractivity (Wildman–Crippen MR) is 90.6 cm³/mol. The van der Waals surface area contributed by atoms with Crippen LogP contribution in [-0.2, 0) is 4.79 Å². The quantitative estimate of drug-likeness (QED) is 0.828. The second-order valence-corrected chi connectivity index (χ2v) is 6.73. The van der Waals surface area contributed by atoms with E-state index >= 15 is 0 Å². The maximum Gasteiger partial charge on any atom is 0.229 e. The van der Waals surface area contributed by atoms with Crippen LogP contribution in [0, 0.1) is 11.8 Å². The predicted octanol–water partition coefficient (Wildman–Crippen LogP) is 4.10. The van der Waals surface area contributed by atoms with Crippen molar-refractivity contribution in [1.82, 2.24) is 0 Å². The van der Waals surface area contributed by atoms with E-state index in [0.717, 1.165) is 5.69 Å². The van der Waals surface area contributed by atoms with Crippen molar-refractivity contribution in [3.63, 3.8) is 0 Å². The van der Waals surface area contributed by atoms with Gasteiger partial charge in [0.2, 0.25) is 5.91 Å². The van der Waals surface area contributed by atoms with Crippen molar-refractivity contribution in [2.45, 2.75) is 53.4 Å².